The Balaban J connectivity index is 2.14. The summed E-state index contributed by atoms with van der Waals surface area (Å²) in [7, 11) is 0. The molecule has 0 radical (unpaired) electrons. The van der Waals surface area contributed by atoms with E-state index in [-0.39, 0.29) is 0 Å². The molecule has 1 aromatic carbocycles. The predicted molar refractivity (Wildman–Crippen MR) is 88.5 cm³/mol. The molecular weight excluding hydrogens is 322 g/mol. The first-order valence-electron chi connectivity index (χ1n) is 7.34. The van der Waals surface area contributed by atoms with E-state index in [4.69, 9.17) is 11.6 Å². The molecule has 1 unspecified atom stereocenters. The minimum absolute atomic E-state index is 0.873. The Morgan fingerprint density at radius 1 is 1.32 bits per heavy atom. The highest BCUT2D eigenvalue weighted by Crippen LogP contribution is 2.34. The van der Waals surface area contributed by atoms with Crippen LogP contribution >= 0.6 is 27.5 Å². The Morgan fingerprint density at radius 3 is 2.89 bits per heavy atom. The molecular formula is C16H23BrClN. The van der Waals surface area contributed by atoms with Crippen LogP contribution in [-0.4, -0.2) is 13.1 Å². The summed E-state index contributed by atoms with van der Waals surface area (Å²) < 4.78 is 0. The molecule has 0 bridgehead atoms. The van der Waals surface area contributed by atoms with E-state index in [0.717, 1.165) is 29.4 Å². The van der Waals surface area contributed by atoms with Gasteiger partial charge in [-0.3, -0.25) is 0 Å². The average Bonchev–Trinajstić information content (AvgIpc) is 2.64. The first kappa shape index (κ1) is 15.2. The minimum atomic E-state index is 0.873. The SMILES string of the molecule is CCCC1CCCN(c2c(Cl)cccc2CBr)CC1. The first-order valence-corrected chi connectivity index (χ1v) is 8.84. The number of para-hydroxylation sites is 1. The van der Waals surface area contributed by atoms with Crippen LogP contribution in [0.25, 0.3) is 0 Å². The molecule has 1 aromatic rings. The summed E-state index contributed by atoms with van der Waals surface area (Å²) in [5.41, 5.74) is 2.56. The van der Waals surface area contributed by atoms with Gasteiger partial charge >= 0.3 is 0 Å². The standard InChI is InChI=1S/C16H23BrClN/c1-2-5-13-6-4-10-19(11-9-13)16-14(12-17)7-3-8-15(16)18/h3,7-8,13H,2,4-6,9-12H2,1H3. The number of benzene rings is 1. The lowest BCUT2D eigenvalue weighted by atomic mass is 9.96. The zero-order valence-electron chi connectivity index (χ0n) is 11.7. The van der Waals surface area contributed by atoms with Gasteiger partial charge in [-0.1, -0.05) is 59.4 Å². The van der Waals surface area contributed by atoms with Gasteiger partial charge in [0.25, 0.3) is 0 Å². The molecule has 1 nitrogen and oxygen atoms in total. The van der Waals surface area contributed by atoms with Crippen molar-refractivity contribution in [3.63, 3.8) is 0 Å². The summed E-state index contributed by atoms with van der Waals surface area (Å²) >= 11 is 10.0. The van der Waals surface area contributed by atoms with Crippen molar-refractivity contribution in [2.24, 2.45) is 5.92 Å². The molecule has 1 aliphatic rings. The fourth-order valence-electron chi connectivity index (χ4n) is 3.11. The van der Waals surface area contributed by atoms with Crippen LogP contribution in [-0.2, 0) is 5.33 Å². The number of rotatable bonds is 4. The van der Waals surface area contributed by atoms with Crippen molar-refractivity contribution in [3.05, 3.63) is 28.8 Å². The summed E-state index contributed by atoms with van der Waals surface area (Å²) in [4.78, 5) is 2.49. The van der Waals surface area contributed by atoms with Gasteiger partial charge in [0, 0.05) is 18.4 Å². The summed E-state index contributed by atoms with van der Waals surface area (Å²) in [5.74, 6) is 0.907. The van der Waals surface area contributed by atoms with Crippen LogP contribution in [0.4, 0.5) is 5.69 Å². The highest BCUT2D eigenvalue weighted by Gasteiger charge is 2.20. The van der Waals surface area contributed by atoms with Gasteiger partial charge in [0.2, 0.25) is 0 Å². The molecule has 1 fully saturated rings. The van der Waals surface area contributed by atoms with Gasteiger partial charge in [-0.25, -0.2) is 0 Å². The Kier molecular flexibility index (Phi) is 6.03. The number of nitrogens with zero attached hydrogens (tertiary/aromatic N) is 1. The number of hydrogen-bond acceptors (Lipinski definition) is 1. The Morgan fingerprint density at radius 2 is 2.16 bits per heavy atom. The van der Waals surface area contributed by atoms with E-state index in [2.05, 4.69) is 33.8 Å². The maximum atomic E-state index is 6.43. The molecule has 1 heterocycles. The fourth-order valence-corrected chi connectivity index (χ4v) is 3.87. The second kappa shape index (κ2) is 7.54. The molecule has 19 heavy (non-hydrogen) atoms. The molecule has 3 heteroatoms. The van der Waals surface area contributed by atoms with Crippen molar-refractivity contribution in [2.75, 3.05) is 18.0 Å². The van der Waals surface area contributed by atoms with Crippen molar-refractivity contribution in [1.29, 1.82) is 0 Å². The lowest BCUT2D eigenvalue weighted by Crippen LogP contribution is -2.25. The van der Waals surface area contributed by atoms with Crippen molar-refractivity contribution in [2.45, 2.75) is 44.4 Å². The number of anilines is 1. The van der Waals surface area contributed by atoms with Gasteiger partial charge in [0.15, 0.2) is 0 Å². The molecule has 0 aromatic heterocycles. The third-order valence-corrected chi connectivity index (χ3v) is 4.98. The molecule has 0 amide bonds. The van der Waals surface area contributed by atoms with Crippen LogP contribution in [0, 0.1) is 5.92 Å². The molecule has 0 N–H and O–H groups in total. The van der Waals surface area contributed by atoms with Crippen LogP contribution < -0.4 is 4.90 Å². The van der Waals surface area contributed by atoms with Crippen LogP contribution in [0.15, 0.2) is 18.2 Å². The van der Waals surface area contributed by atoms with Crippen molar-refractivity contribution >= 4 is 33.2 Å². The van der Waals surface area contributed by atoms with E-state index < -0.39 is 0 Å². The molecule has 0 aliphatic carbocycles. The van der Waals surface area contributed by atoms with E-state index in [9.17, 15) is 0 Å². The smallest absolute Gasteiger partial charge is 0.0642 e. The van der Waals surface area contributed by atoms with Crippen LogP contribution in [0.2, 0.25) is 5.02 Å². The molecule has 2 rings (SSSR count). The van der Waals surface area contributed by atoms with Crippen molar-refractivity contribution < 1.29 is 0 Å². The van der Waals surface area contributed by atoms with E-state index in [1.807, 2.05) is 12.1 Å². The third-order valence-electron chi connectivity index (χ3n) is 4.08. The summed E-state index contributed by atoms with van der Waals surface area (Å²) in [5, 5.41) is 1.77. The third kappa shape index (κ3) is 3.88. The highest BCUT2D eigenvalue weighted by molar-refractivity contribution is 9.08. The second-order valence-corrected chi connectivity index (χ2v) is 6.42. The average molecular weight is 345 g/mol. The van der Waals surface area contributed by atoms with Gasteiger partial charge in [-0.2, -0.15) is 0 Å². The zero-order chi connectivity index (χ0) is 13.7. The Hall–Kier alpha value is -0.210. The number of alkyl halides is 1. The van der Waals surface area contributed by atoms with Crippen LogP contribution in [0.5, 0.6) is 0 Å². The Labute approximate surface area is 130 Å². The van der Waals surface area contributed by atoms with Gasteiger partial charge in [0.05, 0.1) is 10.7 Å². The predicted octanol–water partition coefficient (Wildman–Crippen LogP) is 5.64. The van der Waals surface area contributed by atoms with E-state index in [1.54, 1.807) is 0 Å². The van der Waals surface area contributed by atoms with Gasteiger partial charge in [-0.05, 0) is 36.8 Å². The first-order chi connectivity index (χ1) is 9.26. The second-order valence-electron chi connectivity index (χ2n) is 5.45. The maximum absolute atomic E-state index is 6.43. The molecule has 1 saturated heterocycles. The van der Waals surface area contributed by atoms with Crippen molar-refractivity contribution in [3.8, 4) is 0 Å². The lowest BCUT2D eigenvalue weighted by Gasteiger charge is -2.26. The van der Waals surface area contributed by atoms with Gasteiger partial charge < -0.3 is 4.90 Å². The van der Waals surface area contributed by atoms with Crippen molar-refractivity contribution in [1.82, 2.24) is 0 Å². The maximum Gasteiger partial charge on any atom is 0.0642 e. The normalized spacial score (nSPS) is 20.4. The summed E-state index contributed by atoms with van der Waals surface area (Å²) in [6, 6.07) is 6.22. The zero-order valence-corrected chi connectivity index (χ0v) is 14.0. The molecule has 106 valence electrons. The fraction of sp³-hybridized carbons (Fsp3) is 0.625. The summed E-state index contributed by atoms with van der Waals surface area (Å²) in [6.45, 7) is 4.58. The van der Waals surface area contributed by atoms with Gasteiger partial charge in [-0.15, -0.1) is 0 Å². The quantitative estimate of drug-likeness (QED) is 0.639. The minimum Gasteiger partial charge on any atom is -0.370 e. The number of halogens is 2. The highest BCUT2D eigenvalue weighted by atomic mass is 79.9. The summed E-state index contributed by atoms with van der Waals surface area (Å²) in [6.07, 6.45) is 6.65. The molecule has 1 atom stereocenters. The molecule has 0 spiro atoms. The van der Waals surface area contributed by atoms with E-state index in [1.165, 1.54) is 43.4 Å². The van der Waals surface area contributed by atoms with Gasteiger partial charge in [0.1, 0.15) is 0 Å². The monoisotopic (exact) mass is 343 g/mol. The number of hydrogen-bond donors (Lipinski definition) is 0. The largest absolute Gasteiger partial charge is 0.370 e. The molecule has 1 aliphatic heterocycles. The topological polar surface area (TPSA) is 3.24 Å². The molecule has 0 saturated carbocycles. The lowest BCUT2D eigenvalue weighted by molar-refractivity contribution is 0.435. The Bertz CT molecular complexity index is 408. The van der Waals surface area contributed by atoms with Crippen LogP contribution in [0.3, 0.4) is 0 Å². The van der Waals surface area contributed by atoms with E-state index in [0.29, 0.717) is 0 Å². The van der Waals surface area contributed by atoms with E-state index >= 15 is 0 Å². The van der Waals surface area contributed by atoms with Crippen LogP contribution in [0.1, 0.15) is 44.6 Å².